The second-order valence-corrected chi connectivity index (χ2v) is 6.77. The molecule has 1 N–H and O–H groups in total. The van der Waals surface area contributed by atoms with Gasteiger partial charge in [-0.25, -0.2) is 0 Å². The molecule has 19 heavy (non-hydrogen) atoms. The van der Waals surface area contributed by atoms with Crippen LogP contribution in [0.25, 0.3) is 0 Å². The fourth-order valence-corrected chi connectivity index (χ4v) is 2.36. The van der Waals surface area contributed by atoms with Gasteiger partial charge in [0.05, 0.1) is 10.0 Å². The van der Waals surface area contributed by atoms with Gasteiger partial charge < -0.3 is 5.32 Å². The molecule has 2 unspecified atom stereocenters. The van der Waals surface area contributed by atoms with E-state index in [1.807, 2.05) is 12.1 Å². The summed E-state index contributed by atoms with van der Waals surface area (Å²) in [4.78, 5) is 0. The molecule has 0 radical (unpaired) electrons. The van der Waals surface area contributed by atoms with Crippen molar-refractivity contribution in [2.75, 3.05) is 13.1 Å². The highest BCUT2D eigenvalue weighted by Gasteiger charge is 2.13. The SMILES string of the molecule is CC(C)CNCC(C)C(C)Cc1ccc(Cl)c(Cl)c1. The number of benzene rings is 1. The molecule has 0 aromatic heterocycles. The molecule has 0 aliphatic heterocycles. The van der Waals surface area contributed by atoms with Crippen molar-refractivity contribution in [1.29, 1.82) is 0 Å². The Kier molecular flexibility index (Phi) is 7.20. The first-order chi connectivity index (χ1) is 8.90. The number of nitrogens with one attached hydrogen (secondary N) is 1. The molecule has 0 bridgehead atoms. The van der Waals surface area contributed by atoms with Crippen LogP contribution in [0.3, 0.4) is 0 Å². The van der Waals surface area contributed by atoms with Gasteiger partial charge in [-0.3, -0.25) is 0 Å². The largest absolute Gasteiger partial charge is 0.316 e. The van der Waals surface area contributed by atoms with Crippen molar-refractivity contribution >= 4 is 23.2 Å². The number of hydrogen-bond acceptors (Lipinski definition) is 1. The minimum absolute atomic E-state index is 0.622. The van der Waals surface area contributed by atoms with Crippen LogP contribution >= 0.6 is 23.2 Å². The predicted octanol–water partition coefficient (Wildman–Crippen LogP) is 5.05. The predicted molar refractivity (Wildman–Crippen MR) is 86.2 cm³/mol. The summed E-state index contributed by atoms with van der Waals surface area (Å²) in [6.07, 6.45) is 1.04. The zero-order valence-corrected chi connectivity index (χ0v) is 13.9. The van der Waals surface area contributed by atoms with Crippen molar-refractivity contribution in [3.8, 4) is 0 Å². The lowest BCUT2D eigenvalue weighted by atomic mass is 9.89. The minimum Gasteiger partial charge on any atom is -0.316 e. The molecule has 1 rings (SSSR count). The monoisotopic (exact) mass is 301 g/mol. The molecule has 1 aromatic carbocycles. The van der Waals surface area contributed by atoms with Crippen LogP contribution in [0.1, 0.15) is 33.3 Å². The van der Waals surface area contributed by atoms with E-state index in [2.05, 4.69) is 39.1 Å². The maximum Gasteiger partial charge on any atom is 0.0595 e. The summed E-state index contributed by atoms with van der Waals surface area (Å²) in [6, 6.07) is 5.93. The summed E-state index contributed by atoms with van der Waals surface area (Å²) >= 11 is 12.0. The molecule has 0 amide bonds. The fourth-order valence-electron chi connectivity index (χ4n) is 2.04. The Hall–Kier alpha value is -0.240. The van der Waals surface area contributed by atoms with E-state index in [1.165, 1.54) is 5.56 Å². The van der Waals surface area contributed by atoms with Crippen LogP contribution in [0.2, 0.25) is 10.0 Å². The second-order valence-electron chi connectivity index (χ2n) is 5.96. The van der Waals surface area contributed by atoms with Crippen LogP contribution < -0.4 is 5.32 Å². The zero-order valence-electron chi connectivity index (χ0n) is 12.3. The van der Waals surface area contributed by atoms with Gasteiger partial charge in [0.15, 0.2) is 0 Å². The Bertz CT molecular complexity index is 390. The Labute approximate surface area is 127 Å². The molecule has 1 nitrogen and oxygen atoms in total. The zero-order chi connectivity index (χ0) is 14.4. The van der Waals surface area contributed by atoms with Gasteiger partial charge in [-0.05, 0) is 55.0 Å². The van der Waals surface area contributed by atoms with E-state index >= 15 is 0 Å². The van der Waals surface area contributed by atoms with Crippen LogP contribution in [-0.4, -0.2) is 13.1 Å². The molecule has 0 aliphatic rings. The first-order valence-corrected chi connectivity index (χ1v) is 7.80. The maximum atomic E-state index is 6.05. The molecule has 3 heteroatoms. The second kappa shape index (κ2) is 8.14. The summed E-state index contributed by atoms with van der Waals surface area (Å²) in [6.45, 7) is 11.2. The van der Waals surface area contributed by atoms with Gasteiger partial charge in [0.1, 0.15) is 0 Å². The average Bonchev–Trinajstić information content (AvgIpc) is 2.33. The molecular weight excluding hydrogens is 277 g/mol. The maximum absolute atomic E-state index is 6.05. The standard InChI is InChI=1S/C16H25Cl2N/c1-11(2)9-19-10-13(4)12(3)7-14-5-6-15(17)16(18)8-14/h5-6,8,11-13,19H,7,9-10H2,1-4H3. The van der Waals surface area contributed by atoms with E-state index in [4.69, 9.17) is 23.2 Å². The molecule has 0 heterocycles. The minimum atomic E-state index is 0.622. The van der Waals surface area contributed by atoms with E-state index in [9.17, 15) is 0 Å². The molecule has 2 atom stereocenters. The average molecular weight is 302 g/mol. The highest BCUT2D eigenvalue weighted by atomic mass is 35.5. The highest BCUT2D eigenvalue weighted by Crippen LogP contribution is 2.25. The first kappa shape index (κ1) is 16.8. The van der Waals surface area contributed by atoms with Crippen molar-refractivity contribution in [2.24, 2.45) is 17.8 Å². The van der Waals surface area contributed by atoms with E-state index in [-0.39, 0.29) is 0 Å². The molecule has 0 fully saturated rings. The molecule has 0 saturated heterocycles. The van der Waals surface area contributed by atoms with Gasteiger partial charge in [-0.15, -0.1) is 0 Å². The highest BCUT2D eigenvalue weighted by molar-refractivity contribution is 6.42. The van der Waals surface area contributed by atoms with Crippen molar-refractivity contribution in [3.05, 3.63) is 33.8 Å². The number of halogens is 2. The lowest BCUT2D eigenvalue weighted by Crippen LogP contribution is -2.28. The number of rotatable bonds is 7. The van der Waals surface area contributed by atoms with Crippen molar-refractivity contribution in [1.82, 2.24) is 5.32 Å². The summed E-state index contributed by atoms with van der Waals surface area (Å²) in [5, 5.41) is 4.80. The third-order valence-corrected chi connectivity index (χ3v) is 4.27. The van der Waals surface area contributed by atoms with E-state index in [1.54, 1.807) is 0 Å². The summed E-state index contributed by atoms with van der Waals surface area (Å²) in [5.41, 5.74) is 1.26. The molecule has 108 valence electrons. The molecule has 0 spiro atoms. The molecule has 0 aliphatic carbocycles. The van der Waals surface area contributed by atoms with E-state index in [0.717, 1.165) is 19.5 Å². The smallest absolute Gasteiger partial charge is 0.0595 e. The Morgan fingerprint density at radius 2 is 1.63 bits per heavy atom. The van der Waals surface area contributed by atoms with Crippen molar-refractivity contribution in [3.63, 3.8) is 0 Å². The van der Waals surface area contributed by atoms with Crippen LogP contribution in [-0.2, 0) is 6.42 Å². The van der Waals surface area contributed by atoms with Gasteiger partial charge in [0.25, 0.3) is 0 Å². The molecule has 0 saturated carbocycles. The summed E-state index contributed by atoms with van der Waals surface area (Å²) in [5.74, 6) is 1.97. The van der Waals surface area contributed by atoms with Gasteiger partial charge >= 0.3 is 0 Å². The summed E-state index contributed by atoms with van der Waals surface area (Å²) < 4.78 is 0. The topological polar surface area (TPSA) is 12.0 Å². The Morgan fingerprint density at radius 3 is 2.21 bits per heavy atom. The van der Waals surface area contributed by atoms with Crippen molar-refractivity contribution < 1.29 is 0 Å². The van der Waals surface area contributed by atoms with Gasteiger partial charge in [-0.2, -0.15) is 0 Å². The third-order valence-electron chi connectivity index (χ3n) is 3.53. The molecular formula is C16H25Cl2N. The van der Waals surface area contributed by atoms with Crippen LogP contribution in [0, 0.1) is 17.8 Å². The quantitative estimate of drug-likeness (QED) is 0.743. The molecule has 1 aromatic rings. The lowest BCUT2D eigenvalue weighted by Gasteiger charge is -2.21. The van der Waals surface area contributed by atoms with E-state index < -0.39 is 0 Å². The number of hydrogen-bond donors (Lipinski definition) is 1. The lowest BCUT2D eigenvalue weighted by molar-refractivity contribution is 0.357. The Morgan fingerprint density at radius 1 is 0.947 bits per heavy atom. The summed E-state index contributed by atoms with van der Waals surface area (Å²) in [7, 11) is 0. The van der Waals surface area contributed by atoms with Crippen molar-refractivity contribution in [2.45, 2.75) is 34.1 Å². The van der Waals surface area contributed by atoms with Crippen LogP contribution in [0.5, 0.6) is 0 Å². The fraction of sp³-hybridized carbons (Fsp3) is 0.625. The normalized spacial score (nSPS) is 14.7. The van der Waals surface area contributed by atoms with Crippen LogP contribution in [0.15, 0.2) is 18.2 Å². The van der Waals surface area contributed by atoms with Crippen LogP contribution in [0.4, 0.5) is 0 Å². The first-order valence-electron chi connectivity index (χ1n) is 7.04. The van der Waals surface area contributed by atoms with Gasteiger partial charge in [0, 0.05) is 0 Å². The van der Waals surface area contributed by atoms with E-state index in [0.29, 0.717) is 27.8 Å². The van der Waals surface area contributed by atoms with Gasteiger partial charge in [0.2, 0.25) is 0 Å². The third kappa shape index (κ3) is 6.16. The van der Waals surface area contributed by atoms with Gasteiger partial charge in [-0.1, -0.05) is 57.0 Å². The Balaban J connectivity index is 2.44.